The molecule has 4 heteroatoms. The van der Waals surface area contributed by atoms with Crippen LogP contribution in [0.25, 0.3) is 11.1 Å². The van der Waals surface area contributed by atoms with Crippen molar-refractivity contribution < 1.29 is 9.41 Å². The molecule has 0 spiro atoms. The van der Waals surface area contributed by atoms with Gasteiger partial charge in [0.2, 0.25) is 0 Å². The van der Waals surface area contributed by atoms with E-state index >= 15 is 0 Å². The fourth-order valence-corrected chi connectivity index (χ4v) is 2.37. The van der Waals surface area contributed by atoms with Crippen molar-refractivity contribution in [3.05, 3.63) is 84.9 Å². The van der Waals surface area contributed by atoms with Crippen molar-refractivity contribution in [3.8, 4) is 16.9 Å². The third-order valence-electron chi connectivity index (χ3n) is 3.41. The number of nitrogens with two attached hydrogens (primary N) is 1. The molecule has 0 bridgehead atoms. The Balaban J connectivity index is 1.96. The van der Waals surface area contributed by atoms with Crippen molar-refractivity contribution in [1.82, 2.24) is 0 Å². The molecule has 0 aliphatic heterocycles. The van der Waals surface area contributed by atoms with Crippen molar-refractivity contribution in [2.45, 2.75) is 0 Å². The topological polar surface area (TPSA) is 44.5 Å². The third-order valence-corrected chi connectivity index (χ3v) is 3.41. The Kier molecular flexibility index (Phi) is 4.54. The molecule has 2 N–H and O–H groups in total. The Hall–Kier alpha value is -2.56. The lowest BCUT2D eigenvalue weighted by Crippen LogP contribution is -2.43. The molecule has 3 aromatic rings. The summed E-state index contributed by atoms with van der Waals surface area (Å²) < 4.78 is 10.9. The monoisotopic (exact) mass is 289 g/mol. The van der Waals surface area contributed by atoms with Gasteiger partial charge in [-0.25, -0.2) is 5.90 Å². The van der Waals surface area contributed by atoms with Crippen LogP contribution in [0.4, 0.5) is 0 Å². The van der Waals surface area contributed by atoms with Gasteiger partial charge in [0.1, 0.15) is 5.75 Å². The Bertz CT molecular complexity index is 719. The summed E-state index contributed by atoms with van der Waals surface area (Å²) in [5, 5.41) is 0. The molecule has 0 heterocycles. The molecule has 0 radical (unpaired) electrons. The zero-order valence-electron chi connectivity index (χ0n) is 12.1. The van der Waals surface area contributed by atoms with E-state index < -0.39 is 7.12 Å². The molecule has 0 saturated heterocycles. The highest BCUT2D eigenvalue weighted by molar-refractivity contribution is 6.63. The molecule has 0 amide bonds. The minimum absolute atomic E-state index is 0.668. The highest BCUT2D eigenvalue weighted by atomic mass is 16.7. The van der Waals surface area contributed by atoms with Crippen molar-refractivity contribution >= 4 is 12.6 Å². The van der Waals surface area contributed by atoms with E-state index in [1.54, 1.807) is 0 Å². The second-order valence-corrected chi connectivity index (χ2v) is 4.85. The highest BCUT2D eigenvalue weighted by Gasteiger charge is 2.26. The van der Waals surface area contributed by atoms with Gasteiger partial charge in [-0.1, -0.05) is 72.8 Å². The highest BCUT2D eigenvalue weighted by Crippen LogP contribution is 2.18. The summed E-state index contributed by atoms with van der Waals surface area (Å²) in [6.07, 6.45) is 0. The first-order chi connectivity index (χ1) is 10.9. The molecule has 108 valence electrons. The van der Waals surface area contributed by atoms with E-state index in [-0.39, 0.29) is 0 Å². The van der Waals surface area contributed by atoms with Gasteiger partial charge in [-0.15, -0.1) is 0 Å². The molecular formula is C18H16BNO2. The average molecular weight is 289 g/mol. The van der Waals surface area contributed by atoms with Gasteiger partial charge in [0.05, 0.1) is 0 Å². The minimum atomic E-state index is -0.668. The third kappa shape index (κ3) is 3.19. The molecule has 0 aliphatic rings. The Morgan fingerprint density at radius 3 is 1.95 bits per heavy atom. The molecule has 0 saturated carbocycles. The maximum absolute atomic E-state index is 5.86. The molecule has 3 nitrogen and oxygen atoms in total. The SMILES string of the molecule is NOB(Oc1ccccc1)c1ccccc1-c1ccccc1. The summed E-state index contributed by atoms with van der Waals surface area (Å²) in [6, 6.07) is 27.5. The van der Waals surface area contributed by atoms with Crippen LogP contribution in [-0.4, -0.2) is 7.12 Å². The summed E-state index contributed by atoms with van der Waals surface area (Å²) in [6.45, 7) is 0. The number of para-hydroxylation sites is 1. The molecule has 0 aliphatic carbocycles. The quantitative estimate of drug-likeness (QED) is 0.580. The molecule has 22 heavy (non-hydrogen) atoms. The van der Waals surface area contributed by atoms with Crippen LogP contribution in [-0.2, 0) is 4.76 Å². The van der Waals surface area contributed by atoms with E-state index in [4.69, 9.17) is 15.3 Å². The zero-order chi connectivity index (χ0) is 15.2. The number of rotatable bonds is 5. The van der Waals surface area contributed by atoms with Crippen LogP contribution < -0.4 is 16.0 Å². The van der Waals surface area contributed by atoms with Gasteiger partial charge >= 0.3 is 7.12 Å². The summed E-state index contributed by atoms with van der Waals surface area (Å²) in [7, 11) is -0.668. The largest absolute Gasteiger partial charge is 0.580 e. The van der Waals surface area contributed by atoms with Gasteiger partial charge in [0.15, 0.2) is 0 Å². The second kappa shape index (κ2) is 6.94. The molecule has 0 aromatic heterocycles. The average Bonchev–Trinajstić information content (AvgIpc) is 2.61. The summed E-state index contributed by atoms with van der Waals surface area (Å²) in [4.78, 5) is 0. The molecule has 0 fully saturated rings. The summed E-state index contributed by atoms with van der Waals surface area (Å²) in [5.74, 6) is 6.18. The van der Waals surface area contributed by atoms with Crippen molar-refractivity contribution in [1.29, 1.82) is 0 Å². The Labute approximate surface area is 130 Å². The van der Waals surface area contributed by atoms with E-state index in [9.17, 15) is 0 Å². The first-order valence-electron chi connectivity index (χ1n) is 7.10. The lowest BCUT2D eigenvalue weighted by molar-refractivity contribution is 0.287. The van der Waals surface area contributed by atoms with Gasteiger partial charge in [-0.2, -0.15) is 0 Å². The molecule has 0 atom stereocenters. The van der Waals surface area contributed by atoms with Crippen LogP contribution in [0.1, 0.15) is 0 Å². The standard InChI is InChI=1S/C18H16BNO2/c20-22-19(21-16-11-5-2-6-12-16)18-14-8-7-13-17(18)15-9-3-1-4-10-15/h1-14H,20H2. The number of hydrogen-bond acceptors (Lipinski definition) is 3. The minimum Gasteiger partial charge on any atom is -0.531 e. The van der Waals surface area contributed by atoms with E-state index in [1.165, 1.54) is 0 Å². The first-order valence-corrected chi connectivity index (χ1v) is 7.10. The molecule has 3 aromatic carbocycles. The van der Waals surface area contributed by atoms with Crippen LogP contribution in [0.3, 0.4) is 0 Å². The number of benzene rings is 3. The van der Waals surface area contributed by atoms with Crippen LogP contribution in [0, 0.1) is 0 Å². The van der Waals surface area contributed by atoms with Gasteiger partial charge in [-0.3, -0.25) is 0 Å². The van der Waals surface area contributed by atoms with E-state index in [1.807, 2.05) is 72.8 Å². The van der Waals surface area contributed by atoms with Gasteiger partial charge in [0, 0.05) is 5.46 Å². The van der Waals surface area contributed by atoms with Crippen LogP contribution in [0.5, 0.6) is 5.75 Å². The lowest BCUT2D eigenvalue weighted by atomic mass is 9.74. The van der Waals surface area contributed by atoms with Crippen LogP contribution in [0.15, 0.2) is 84.9 Å². The summed E-state index contributed by atoms with van der Waals surface area (Å²) in [5.41, 5.74) is 3.02. The normalized spacial score (nSPS) is 10.2. The second-order valence-electron chi connectivity index (χ2n) is 4.85. The van der Waals surface area contributed by atoms with Crippen LogP contribution >= 0.6 is 0 Å². The fraction of sp³-hybridized carbons (Fsp3) is 0. The van der Waals surface area contributed by atoms with Crippen molar-refractivity contribution in [2.24, 2.45) is 5.90 Å². The Morgan fingerprint density at radius 2 is 1.27 bits per heavy atom. The fourth-order valence-electron chi connectivity index (χ4n) is 2.37. The first kappa shape index (κ1) is 14.4. The zero-order valence-corrected chi connectivity index (χ0v) is 12.1. The maximum atomic E-state index is 5.86. The molecule has 3 rings (SSSR count). The van der Waals surface area contributed by atoms with Crippen molar-refractivity contribution in [2.75, 3.05) is 0 Å². The maximum Gasteiger partial charge on any atom is 0.580 e. The van der Waals surface area contributed by atoms with Gasteiger partial charge in [0.25, 0.3) is 0 Å². The smallest absolute Gasteiger partial charge is 0.531 e. The van der Waals surface area contributed by atoms with E-state index in [0.717, 1.165) is 16.6 Å². The predicted molar refractivity (Wildman–Crippen MR) is 89.6 cm³/mol. The van der Waals surface area contributed by atoms with Gasteiger partial charge in [-0.05, 0) is 23.3 Å². The van der Waals surface area contributed by atoms with E-state index in [2.05, 4.69) is 12.1 Å². The summed E-state index contributed by atoms with van der Waals surface area (Å²) >= 11 is 0. The van der Waals surface area contributed by atoms with Gasteiger partial charge < -0.3 is 9.41 Å². The molecular weight excluding hydrogens is 273 g/mol. The van der Waals surface area contributed by atoms with Crippen molar-refractivity contribution in [3.63, 3.8) is 0 Å². The molecule has 0 unspecified atom stereocenters. The number of hydrogen-bond donors (Lipinski definition) is 1. The van der Waals surface area contributed by atoms with Crippen LogP contribution in [0.2, 0.25) is 0 Å². The Morgan fingerprint density at radius 1 is 0.682 bits per heavy atom. The lowest BCUT2D eigenvalue weighted by Gasteiger charge is -2.16. The predicted octanol–water partition coefficient (Wildman–Crippen LogP) is 3.02. The van der Waals surface area contributed by atoms with E-state index in [0.29, 0.717) is 5.75 Å².